The van der Waals surface area contributed by atoms with E-state index in [4.69, 9.17) is 5.73 Å². The SMILES string of the molecule is CNC(=O)N(C)N1CC(=O)N2[C@@H](Cc3ccc(O)c(N)c3)C(=O)N(Cc3cccc4ccccc34)C[C@@H]21. The summed E-state index contributed by atoms with van der Waals surface area (Å²) in [5, 5.41) is 17.7. The van der Waals surface area contributed by atoms with Crippen LogP contribution in [-0.2, 0) is 22.6 Å². The second-order valence-corrected chi connectivity index (χ2v) is 9.43. The molecule has 2 atom stereocenters. The number of rotatable bonds is 5. The Labute approximate surface area is 214 Å². The zero-order chi connectivity index (χ0) is 26.3. The molecule has 37 heavy (non-hydrogen) atoms. The largest absolute Gasteiger partial charge is 0.506 e. The lowest BCUT2D eigenvalue weighted by atomic mass is 9.98. The van der Waals surface area contributed by atoms with Crippen LogP contribution in [0, 0.1) is 0 Å². The monoisotopic (exact) mass is 502 g/mol. The number of amides is 4. The van der Waals surface area contributed by atoms with Gasteiger partial charge in [0.05, 0.1) is 18.8 Å². The van der Waals surface area contributed by atoms with E-state index in [0.717, 1.165) is 21.9 Å². The predicted molar refractivity (Wildman–Crippen MR) is 139 cm³/mol. The van der Waals surface area contributed by atoms with E-state index in [1.54, 1.807) is 34.0 Å². The summed E-state index contributed by atoms with van der Waals surface area (Å²) in [5.41, 5.74) is 7.84. The van der Waals surface area contributed by atoms with Crippen molar-refractivity contribution in [3.05, 3.63) is 71.8 Å². The van der Waals surface area contributed by atoms with E-state index >= 15 is 0 Å². The van der Waals surface area contributed by atoms with Crippen molar-refractivity contribution in [3.63, 3.8) is 0 Å². The van der Waals surface area contributed by atoms with Crippen LogP contribution >= 0.6 is 0 Å². The van der Waals surface area contributed by atoms with Crippen LogP contribution in [0.15, 0.2) is 60.7 Å². The zero-order valence-electron chi connectivity index (χ0n) is 20.8. The molecule has 0 bridgehead atoms. The molecule has 3 aromatic rings. The maximum Gasteiger partial charge on any atom is 0.331 e. The Kier molecular flexibility index (Phi) is 6.34. The van der Waals surface area contributed by atoms with Gasteiger partial charge in [0.2, 0.25) is 11.8 Å². The molecule has 10 nitrogen and oxygen atoms in total. The number of nitrogens with one attached hydrogen (secondary N) is 1. The zero-order valence-corrected chi connectivity index (χ0v) is 20.8. The first-order valence-corrected chi connectivity index (χ1v) is 12.1. The number of phenols is 1. The Morgan fingerprint density at radius 2 is 1.89 bits per heavy atom. The van der Waals surface area contributed by atoms with Gasteiger partial charge < -0.3 is 26.0 Å². The van der Waals surface area contributed by atoms with E-state index in [1.165, 1.54) is 18.1 Å². The number of benzene rings is 3. The van der Waals surface area contributed by atoms with Crippen LogP contribution < -0.4 is 11.1 Å². The van der Waals surface area contributed by atoms with E-state index in [0.29, 0.717) is 6.54 Å². The van der Waals surface area contributed by atoms with Gasteiger partial charge in [-0.1, -0.05) is 48.5 Å². The quantitative estimate of drug-likeness (QED) is 0.361. The van der Waals surface area contributed by atoms with Crippen LogP contribution in [0.3, 0.4) is 0 Å². The Morgan fingerprint density at radius 1 is 1.14 bits per heavy atom. The van der Waals surface area contributed by atoms with Crippen molar-refractivity contribution < 1.29 is 19.5 Å². The van der Waals surface area contributed by atoms with Crippen molar-refractivity contribution in [2.75, 3.05) is 32.9 Å². The minimum absolute atomic E-state index is 0.0157. The normalized spacial score (nSPS) is 19.8. The van der Waals surface area contributed by atoms with Gasteiger partial charge in [0, 0.05) is 27.1 Å². The van der Waals surface area contributed by atoms with Crippen LogP contribution in [-0.4, -0.2) is 82.2 Å². The van der Waals surface area contributed by atoms with Gasteiger partial charge in [-0.15, -0.1) is 0 Å². The van der Waals surface area contributed by atoms with Crippen LogP contribution in [0.2, 0.25) is 0 Å². The second kappa shape index (κ2) is 9.62. The van der Waals surface area contributed by atoms with Gasteiger partial charge in [-0.3, -0.25) is 14.6 Å². The first kappa shape index (κ1) is 24.4. The van der Waals surface area contributed by atoms with Crippen molar-refractivity contribution in [2.45, 2.75) is 25.2 Å². The number of nitrogens with two attached hydrogens (primary N) is 1. The number of anilines is 1. The van der Waals surface area contributed by atoms with E-state index in [9.17, 15) is 19.5 Å². The van der Waals surface area contributed by atoms with Crippen molar-refractivity contribution in [1.29, 1.82) is 0 Å². The molecule has 10 heteroatoms. The lowest BCUT2D eigenvalue weighted by Gasteiger charge is -2.45. The van der Waals surface area contributed by atoms with Gasteiger partial charge in [0.25, 0.3) is 0 Å². The Bertz CT molecular complexity index is 1370. The summed E-state index contributed by atoms with van der Waals surface area (Å²) in [6.45, 7) is 0.603. The molecule has 0 aromatic heterocycles. The van der Waals surface area contributed by atoms with E-state index in [2.05, 4.69) is 5.32 Å². The third kappa shape index (κ3) is 4.40. The number of hydrogen-bond donors (Lipinski definition) is 3. The highest BCUT2D eigenvalue weighted by Crippen LogP contribution is 2.31. The van der Waals surface area contributed by atoms with Crippen molar-refractivity contribution in [1.82, 2.24) is 25.1 Å². The Morgan fingerprint density at radius 3 is 2.65 bits per heavy atom. The van der Waals surface area contributed by atoms with Gasteiger partial charge in [-0.2, -0.15) is 5.01 Å². The number of aromatic hydroxyl groups is 1. The second-order valence-electron chi connectivity index (χ2n) is 9.43. The summed E-state index contributed by atoms with van der Waals surface area (Å²) in [6.07, 6.45) is -0.281. The maximum atomic E-state index is 13.9. The summed E-state index contributed by atoms with van der Waals surface area (Å²) in [5.74, 6) is -0.436. The average molecular weight is 503 g/mol. The Hall–Kier alpha value is -4.31. The van der Waals surface area contributed by atoms with E-state index in [1.807, 2.05) is 42.5 Å². The van der Waals surface area contributed by atoms with Gasteiger partial charge in [0.1, 0.15) is 18.0 Å². The number of carbonyl (C=O) groups excluding carboxylic acids is 3. The fraction of sp³-hybridized carbons (Fsp3) is 0.296. The van der Waals surface area contributed by atoms with E-state index < -0.39 is 12.2 Å². The van der Waals surface area contributed by atoms with Crippen molar-refractivity contribution >= 4 is 34.3 Å². The van der Waals surface area contributed by atoms with Crippen molar-refractivity contribution in [3.8, 4) is 5.75 Å². The molecule has 0 aliphatic carbocycles. The molecule has 192 valence electrons. The average Bonchev–Trinajstić information content (AvgIpc) is 3.23. The maximum absolute atomic E-state index is 13.9. The summed E-state index contributed by atoms with van der Waals surface area (Å²) in [6, 6.07) is 17.7. The molecule has 0 saturated carbocycles. The third-order valence-electron chi connectivity index (χ3n) is 7.22. The molecule has 2 aliphatic heterocycles. The van der Waals surface area contributed by atoms with Gasteiger partial charge in [-0.05, 0) is 34.0 Å². The van der Waals surface area contributed by atoms with Gasteiger partial charge >= 0.3 is 6.03 Å². The van der Waals surface area contributed by atoms with Crippen LogP contribution in [0.4, 0.5) is 10.5 Å². The fourth-order valence-corrected chi connectivity index (χ4v) is 5.32. The first-order chi connectivity index (χ1) is 17.8. The Balaban J connectivity index is 1.52. The summed E-state index contributed by atoms with van der Waals surface area (Å²) >= 11 is 0. The number of phenolic OH excluding ortho intramolecular Hbond substituents is 1. The molecule has 0 unspecified atom stereocenters. The molecule has 2 heterocycles. The van der Waals surface area contributed by atoms with E-state index in [-0.39, 0.29) is 48.8 Å². The summed E-state index contributed by atoms with van der Waals surface area (Å²) in [4.78, 5) is 42.9. The number of nitrogens with zero attached hydrogens (tertiary/aromatic N) is 4. The fourth-order valence-electron chi connectivity index (χ4n) is 5.32. The number of carbonyl (C=O) groups is 3. The first-order valence-electron chi connectivity index (χ1n) is 12.1. The minimum atomic E-state index is -0.784. The lowest BCUT2D eigenvalue weighted by Crippen LogP contribution is -2.65. The molecule has 0 radical (unpaired) electrons. The van der Waals surface area contributed by atoms with Crippen molar-refractivity contribution in [2.24, 2.45) is 0 Å². The van der Waals surface area contributed by atoms with Crippen LogP contribution in [0.25, 0.3) is 10.8 Å². The standard InChI is InChI=1S/C27H30N6O4/c1-29-27(37)30(2)32-16-25(35)33-22(13-17-10-11-23(34)21(28)12-17)26(36)31(15-24(32)33)14-19-8-5-7-18-6-3-4-9-20(18)19/h3-12,22,24,34H,13-16,28H2,1-2H3,(H,29,37)/t22-,24+/m0/s1. The molecular formula is C27H30N6O4. The lowest BCUT2D eigenvalue weighted by molar-refractivity contribution is -0.157. The van der Waals surface area contributed by atoms with Crippen LogP contribution in [0.1, 0.15) is 11.1 Å². The molecule has 5 rings (SSSR count). The highest BCUT2D eigenvalue weighted by atomic mass is 16.3. The van der Waals surface area contributed by atoms with Crippen LogP contribution in [0.5, 0.6) is 5.75 Å². The molecule has 4 N–H and O–H groups in total. The topological polar surface area (TPSA) is 122 Å². The smallest absolute Gasteiger partial charge is 0.331 e. The van der Waals surface area contributed by atoms with Gasteiger partial charge in [0.15, 0.2) is 0 Å². The highest BCUT2D eigenvalue weighted by molar-refractivity contribution is 5.92. The summed E-state index contributed by atoms with van der Waals surface area (Å²) < 4.78 is 0. The molecular weight excluding hydrogens is 472 g/mol. The predicted octanol–water partition coefficient (Wildman–Crippen LogP) is 1.74. The highest BCUT2D eigenvalue weighted by Gasteiger charge is 2.51. The number of hydrogen-bond acceptors (Lipinski definition) is 6. The molecule has 2 fully saturated rings. The van der Waals surface area contributed by atoms with Gasteiger partial charge in [-0.25, -0.2) is 4.79 Å². The number of fused-ring (bicyclic) bond motifs is 2. The third-order valence-corrected chi connectivity index (χ3v) is 7.22. The molecule has 0 spiro atoms. The number of piperazine rings is 1. The number of hydrazine groups is 1. The molecule has 4 amide bonds. The summed E-state index contributed by atoms with van der Waals surface area (Å²) in [7, 11) is 3.14. The number of urea groups is 1. The molecule has 2 saturated heterocycles. The molecule has 3 aromatic carbocycles. The molecule has 2 aliphatic rings. The minimum Gasteiger partial charge on any atom is -0.506 e. The number of nitrogen functional groups attached to an aromatic ring is 1.